The van der Waals surface area contributed by atoms with Crippen LogP contribution in [0.4, 0.5) is 17.2 Å². The van der Waals surface area contributed by atoms with Gasteiger partial charge in [0.25, 0.3) is 0 Å². The molecule has 2 heterocycles. The highest BCUT2D eigenvalue weighted by molar-refractivity contribution is 5.88. The molecule has 3 nitrogen and oxygen atoms in total. The maximum Gasteiger partial charge on any atom is 0.153 e. The lowest BCUT2D eigenvalue weighted by Gasteiger charge is -2.26. The fourth-order valence-electron chi connectivity index (χ4n) is 3.68. The van der Waals surface area contributed by atoms with Crippen LogP contribution in [0.3, 0.4) is 0 Å². The lowest BCUT2D eigenvalue weighted by atomic mass is 10.1. The Morgan fingerprint density at radius 2 is 1.88 bits per heavy atom. The predicted molar refractivity (Wildman–Crippen MR) is 107 cm³/mol. The smallest absolute Gasteiger partial charge is 0.153 e. The molecule has 1 aromatic heterocycles. The molecule has 0 saturated carbocycles. The number of aromatic nitrogens is 1. The first-order chi connectivity index (χ1) is 12.1. The van der Waals surface area contributed by atoms with Crippen LogP contribution >= 0.6 is 0 Å². The Hall–Kier alpha value is -2.55. The third-order valence-electron chi connectivity index (χ3n) is 5.19. The second kappa shape index (κ2) is 6.40. The molecule has 1 fully saturated rings. The van der Waals surface area contributed by atoms with Crippen LogP contribution in [0.5, 0.6) is 0 Å². The SMILES string of the molecule is Cc1ccc(C)c(Nc2cc3ccccc3nc2N2CCCC2C)c1. The van der Waals surface area contributed by atoms with E-state index in [0.717, 1.165) is 29.3 Å². The van der Waals surface area contributed by atoms with Gasteiger partial charge in [-0.25, -0.2) is 4.98 Å². The molecule has 1 saturated heterocycles. The molecule has 25 heavy (non-hydrogen) atoms. The highest BCUT2D eigenvalue weighted by Gasteiger charge is 2.24. The molecule has 0 aliphatic carbocycles. The van der Waals surface area contributed by atoms with Crippen molar-refractivity contribution < 1.29 is 0 Å². The molecule has 1 aliphatic heterocycles. The van der Waals surface area contributed by atoms with Gasteiger partial charge in [0.1, 0.15) is 0 Å². The number of anilines is 3. The molecule has 0 amide bonds. The third kappa shape index (κ3) is 3.07. The molecule has 128 valence electrons. The van der Waals surface area contributed by atoms with Gasteiger partial charge in [0, 0.05) is 23.7 Å². The number of nitrogens with zero attached hydrogens (tertiary/aromatic N) is 2. The largest absolute Gasteiger partial charge is 0.352 e. The molecule has 1 aliphatic rings. The van der Waals surface area contributed by atoms with Crippen molar-refractivity contribution in [2.24, 2.45) is 0 Å². The van der Waals surface area contributed by atoms with Crippen LogP contribution in [0.15, 0.2) is 48.5 Å². The van der Waals surface area contributed by atoms with Crippen molar-refractivity contribution >= 4 is 28.1 Å². The number of hydrogen-bond acceptors (Lipinski definition) is 3. The topological polar surface area (TPSA) is 28.2 Å². The number of rotatable bonds is 3. The Labute approximate surface area is 149 Å². The number of benzene rings is 2. The normalized spacial score (nSPS) is 17.2. The highest BCUT2D eigenvalue weighted by Crippen LogP contribution is 2.35. The number of pyridine rings is 1. The summed E-state index contributed by atoms with van der Waals surface area (Å²) in [5.74, 6) is 1.07. The molecule has 1 atom stereocenters. The van der Waals surface area contributed by atoms with E-state index < -0.39 is 0 Å². The van der Waals surface area contributed by atoms with Crippen molar-refractivity contribution in [2.75, 3.05) is 16.8 Å². The van der Waals surface area contributed by atoms with E-state index >= 15 is 0 Å². The van der Waals surface area contributed by atoms with Gasteiger partial charge in [-0.1, -0.05) is 30.3 Å². The summed E-state index contributed by atoms with van der Waals surface area (Å²) in [5, 5.41) is 4.84. The molecule has 0 bridgehead atoms. The van der Waals surface area contributed by atoms with E-state index in [0.29, 0.717) is 6.04 Å². The molecule has 3 heteroatoms. The maximum atomic E-state index is 5.02. The van der Waals surface area contributed by atoms with E-state index in [-0.39, 0.29) is 0 Å². The number of fused-ring (bicyclic) bond motifs is 1. The van der Waals surface area contributed by atoms with Gasteiger partial charge < -0.3 is 10.2 Å². The molecule has 1 N–H and O–H groups in total. The fourth-order valence-corrected chi connectivity index (χ4v) is 3.68. The van der Waals surface area contributed by atoms with Crippen LogP contribution in [0.2, 0.25) is 0 Å². The minimum absolute atomic E-state index is 0.535. The minimum atomic E-state index is 0.535. The summed E-state index contributed by atoms with van der Waals surface area (Å²) in [6.45, 7) is 7.65. The van der Waals surface area contributed by atoms with Crippen LogP contribution < -0.4 is 10.2 Å². The molecular weight excluding hydrogens is 306 g/mol. The van der Waals surface area contributed by atoms with Crippen LogP contribution in [-0.2, 0) is 0 Å². The van der Waals surface area contributed by atoms with E-state index in [4.69, 9.17) is 4.98 Å². The van der Waals surface area contributed by atoms with Crippen molar-refractivity contribution in [2.45, 2.75) is 39.7 Å². The average Bonchev–Trinajstić information content (AvgIpc) is 3.03. The average molecular weight is 331 g/mol. The van der Waals surface area contributed by atoms with Gasteiger partial charge in [-0.15, -0.1) is 0 Å². The Kier molecular flexibility index (Phi) is 4.08. The number of aryl methyl sites for hydroxylation is 2. The zero-order valence-electron chi connectivity index (χ0n) is 15.2. The number of para-hydroxylation sites is 1. The minimum Gasteiger partial charge on any atom is -0.352 e. The Bertz CT molecular complexity index is 916. The molecular formula is C22H25N3. The first kappa shape index (κ1) is 15.9. The van der Waals surface area contributed by atoms with E-state index in [1.807, 2.05) is 0 Å². The highest BCUT2D eigenvalue weighted by atomic mass is 15.2. The Morgan fingerprint density at radius 1 is 1.04 bits per heavy atom. The van der Waals surface area contributed by atoms with Crippen LogP contribution in [-0.4, -0.2) is 17.6 Å². The van der Waals surface area contributed by atoms with Gasteiger partial charge in [-0.05, 0) is 62.9 Å². The van der Waals surface area contributed by atoms with Gasteiger partial charge in [0.05, 0.1) is 11.2 Å². The van der Waals surface area contributed by atoms with Crippen LogP contribution in [0.25, 0.3) is 10.9 Å². The quantitative estimate of drug-likeness (QED) is 0.678. The first-order valence-corrected chi connectivity index (χ1v) is 9.12. The lowest BCUT2D eigenvalue weighted by Crippen LogP contribution is -2.28. The van der Waals surface area contributed by atoms with Crippen LogP contribution in [0.1, 0.15) is 30.9 Å². The van der Waals surface area contributed by atoms with Crippen molar-refractivity contribution in [3.05, 3.63) is 59.7 Å². The van der Waals surface area contributed by atoms with E-state index in [1.54, 1.807) is 0 Å². The van der Waals surface area contributed by atoms with Crippen molar-refractivity contribution in [3.63, 3.8) is 0 Å². The van der Waals surface area contributed by atoms with E-state index in [2.05, 4.69) is 79.5 Å². The summed E-state index contributed by atoms with van der Waals surface area (Å²) in [7, 11) is 0. The lowest BCUT2D eigenvalue weighted by molar-refractivity contribution is 0.729. The molecule has 0 radical (unpaired) electrons. The van der Waals surface area contributed by atoms with E-state index in [1.165, 1.54) is 29.4 Å². The zero-order chi connectivity index (χ0) is 17.4. The summed E-state index contributed by atoms with van der Waals surface area (Å²) in [4.78, 5) is 7.46. The van der Waals surface area contributed by atoms with E-state index in [9.17, 15) is 0 Å². The number of nitrogens with one attached hydrogen (secondary N) is 1. The van der Waals surface area contributed by atoms with Gasteiger partial charge in [-0.2, -0.15) is 0 Å². The van der Waals surface area contributed by atoms with Gasteiger partial charge in [0.15, 0.2) is 5.82 Å². The molecule has 1 unspecified atom stereocenters. The summed E-state index contributed by atoms with van der Waals surface area (Å²) in [6, 6.07) is 17.7. The summed E-state index contributed by atoms with van der Waals surface area (Å²) < 4.78 is 0. The van der Waals surface area contributed by atoms with Crippen LogP contribution in [0, 0.1) is 13.8 Å². The molecule has 2 aromatic carbocycles. The molecule has 3 aromatic rings. The third-order valence-corrected chi connectivity index (χ3v) is 5.19. The zero-order valence-corrected chi connectivity index (χ0v) is 15.2. The Morgan fingerprint density at radius 3 is 2.68 bits per heavy atom. The van der Waals surface area contributed by atoms with Crippen molar-refractivity contribution in [1.29, 1.82) is 0 Å². The summed E-state index contributed by atoms with van der Waals surface area (Å²) >= 11 is 0. The second-order valence-electron chi connectivity index (χ2n) is 7.18. The molecule has 4 rings (SSSR count). The molecule has 0 spiro atoms. The van der Waals surface area contributed by atoms with Gasteiger partial charge in [0.2, 0.25) is 0 Å². The van der Waals surface area contributed by atoms with Gasteiger partial charge >= 0.3 is 0 Å². The standard InChI is InChI=1S/C22H25N3/c1-15-10-11-16(2)20(13-15)23-21-14-18-8-4-5-9-19(18)24-22(21)25-12-6-7-17(25)3/h4-5,8-11,13-14,17,23H,6-7,12H2,1-3H3. The maximum absolute atomic E-state index is 5.02. The predicted octanol–water partition coefficient (Wildman–Crippen LogP) is 5.58. The monoisotopic (exact) mass is 331 g/mol. The van der Waals surface area contributed by atoms with Gasteiger partial charge in [-0.3, -0.25) is 0 Å². The summed E-state index contributed by atoms with van der Waals surface area (Å²) in [6.07, 6.45) is 2.47. The fraction of sp³-hybridized carbons (Fsp3) is 0.318. The number of hydrogen-bond donors (Lipinski definition) is 1. The second-order valence-corrected chi connectivity index (χ2v) is 7.18. The first-order valence-electron chi connectivity index (χ1n) is 9.12. The Balaban J connectivity index is 1.84. The van der Waals surface area contributed by atoms with Crippen molar-refractivity contribution in [1.82, 2.24) is 4.98 Å². The summed E-state index contributed by atoms with van der Waals surface area (Å²) in [5.41, 5.74) is 5.83. The van der Waals surface area contributed by atoms with Crippen molar-refractivity contribution in [3.8, 4) is 0 Å².